The molecule has 0 saturated heterocycles. The van der Waals surface area contributed by atoms with Gasteiger partial charge in [0.05, 0.1) is 0 Å². The number of aromatic hydroxyl groups is 1. The number of aryl methyl sites for hydroxylation is 1. The van der Waals surface area contributed by atoms with E-state index in [1.807, 2.05) is 6.92 Å². The SMILES string of the molecule is CCCCC(C)(Pc1ccc(F)cc1C=O)c1cc(C(C)(C)C)cc(C)c1O. The van der Waals surface area contributed by atoms with Crippen molar-refractivity contribution in [3.8, 4) is 5.75 Å². The molecule has 2 unspecified atom stereocenters. The Balaban J connectivity index is 2.63. The maximum Gasteiger partial charge on any atom is 0.150 e. The molecule has 0 aliphatic heterocycles. The maximum atomic E-state index is 13.6. The Morgan fingerprint density at radius 3 is 2.39 bits per heavy atom. The number of hydrogen-bond donors (Lipinski definition) is 1. The second-order valence-electron chi connectivity index (χ2n) is 8.85. The number of halogens is 1. The smallest absolute Gasteiger partial charge is 0.150 e. The van der Waals surface area contributed by atoms with E-state index in [2.05, 4.69) is 46.8 Å². The summed E-state index contributed by atoms with van der Waals surface area (Å²) in [6, 6.07) is 8.59. The fourth-order valence-corrected chi connectivity index (χ4v) is 5.13. The van der Waals surface area contributed by atoms with Gasteiger partial charge in [-0.15, -0.1) is 0 Å². The van der Waals surface area contributed by atoms with Crippen molar-refractivity contribution in [3.63, 3.8) is 0 Å². The zero-order valence-corrected chi connectivity index (χ0v) is 18.8. The number of unbranched alkanes of at least 4 members (excludes halogenated alkanes) is 1. The van der Waals surface area contributed by atoms with Gasteiger partial charge in [-0.1, -0.05) is 74.2 Å². The molecule has 2 rings (SSSR count). The van der Waals surface area contributed by atoms with E-state index in [1.165, 1.54) is 17.7 Å². The average molecular weight is 402 g/mol. The van der Waals surface area contributed by atoms with Crippen LogP contribution in [0.15, 0.2) is 30.3 Å². The molecule has 2 aromatic rings. The van der Waals surface area contributed by atoms with Gasteiger partial charge in [0, 0.05) is 16.3 Å². The summed E-state index contributed by atoms with van der Waals surface area (Å²) in [5.74, 6) is -0.0757. The van der Waals surface area contributed by atoms with Gasteiger partial charge in [-0.05, 0) is 47.3 Å². The lowest BCUT2D eigenvalue weighted by atomic mass is 9.82. The van der Waals surface area contributed by atoms with Gasteiger partial charge in [-0.2, -0.15) is 0 Å². The maximum absolute atomic E-state index is 13.6. The zero-order chi connectivity index (χ0) is 21.1. The van der Waals surface area contributed by atoms with Crippen LogP contribution < -0.4 is 5.30 Å². The Hall–Kier alpha value is -1.73. The third-order valence-corrected chi connectivity index (χ3v) is 7.14. The highest BCUT2D eigenvalue weighted by molar-refractivity contribution is 7.48. The lowest BCUT2D eigenvalue weighted by molar-refractivity contribution is 0.112. The molecule has 0 aliphatic rings. The van der Waals surface area contributed by atoms with Gasteiger partial charge >= 0.3 is 0 Å². The Bertz CT molecular complexity index is 854. The van der Waals surface area contributed by atoms with Crippen molar-refractivity contribution < 1.29 is 14.3 Å². The van der Waals surface area contributed by atoms with E-state index >= 15 is 0 Å². The number of rotatable bonds is 7. The molecular weight excluding hydrogens is 370 g/mol. The molecule has 0 aromatic heterocycles. The monoisotopic (exact) mass is 402 g/mol. The zero-order valence-electron chi connectivity index (χ0n) is 17.8. The Morgan fingerprint density at radius 1 is 1.14 bits per heavy atom. The molecule has 0 heterocycles. The van der Waals surface area contributed by atoms with E-state index in [9.17, 15) is 14.3 Å². The van der Waals surface area contributed by atoms with Crippen molar-refractivity contribution in [1.82, 2.24) is 0 Å². The van der Waals surface area contributed by atoms with Gasteiger partial charge in [0.2, 0.25) is 0 Å². The number of aldehydes is 1. The van der Waals surface area contributed by atoms with E-state index < -0.39 is 5.82 Å². The topological polar surface area (TPSA) is 37.3 Å². The van der Waals surface area contributed by atoms with Gasteiger partial charge in [0.1, 0.15) is 11.6 Å². The van der Waals surface area contributed by atoms with Crippen LogP contribution >= 0.6 is 8.58 Å². The molecule has 0 spiro atoms. The second-order valence-corrected chi connectivity index (χ2v) is 10.7. The van der Waals surface area contributed by atoms with E-state index in [0.717, 1.165) is 42.0 Å². The summed E-state index contributed by atoms with van der Waals surface area (Å²) in [6.07, 6.45) is 3.67. The average Bonchev–Trinajstić information content (AvgIpc) is 2.62. The Labute approximate surface area is 170 Å². The Kier molecular flexibility index (Phi) is 7.04. The standard InChI is InChI=1S/C24H32FO2P/c1-7-8-11-24(6,28-21-10-9-19(25)13-17(21)15-26)20-14-18(23(3,4)5)12-16(2)22(20)27/h9-10,12-15,27-28H,7-8,11H2,1-6H3. The summed E-state index contributed by atoms with van der Waals surface area (Å²) >= 11 is 0. The molecule has 2 aromatic carbocycles. The number of benzene rings is 2. The summed E-state index contributed by atoms with van der Waals surface area (Å²) < 4.78 is 13.6. The molecule has 2 atom stereocenters. The first-order valence-corrected chi connectivity index (χ1v) is 10.9. The lowest BCUT2D eigenvalue weighted by Crippen LogP contribution is -2.23. The predicted molar refractivity (Wildman–Crippen MR) is 118 cm³/mol. The van der Waals surface area contributed by atoms with E-state index in [-0.39, 0.29) is 19.2 Å². The quantitative estimate of drug-likeness (QED) is 0.432. The minimum absolute atomic E-state index is 0.0359. The fraction of sp³-hybridized carbons (Fsp3) is 0.458. The van der Waals surface area contributed by atoms with Crippen molar-refractivity contribution in [1.29, 1.82) is 0 Å². The lowest BCUT2D eigenvalue weighted by Gasteiger charge is -2.34. The molecule has 0 radical (unpaired) electrons. The van der Waals surface area contributed by atoms with Gasteiger partial charge in [0.15, 0.2) is 6.29 Å². The van der Waals surface area contributed by atoms with Gasteiger partial charge in [-0.25, -0.2) is 4.39 Å². The minimum atomic E-state index is -0.403. The normalized spacial score (nSPS) is 14.4. The van der Waals surface area contributed by atoms with Crippen LogP contribution in [-0.4, -0.2) is 11.4 Å². The van der Waals surface area contributed by atoms with Gasteiger partial charge in [0.25, 0.3) is 0 Å². The van der Waals surface area contributed by atoms with Crippen LogP contribution in [0, 0.1) is 12.7 Å². The van der Waals surface area contributed by atoms with Crippen LogP contribution in [-0.2, 0) is 10.6 Å². The van der Waals surface area contributed by atoms with Gasteiger partial charge < -0.3 is 5.11 Å². The van der Waals surface area contributed by atoms with Crippen LogP contribution in [0.25, 0.3) is 0 Å². The van der Waals surface area contributed by atoms with Gasteiger partial charge in [-0.3, -0.25) is 4.79 Å². The molecule has 0 fully saturated rings. The molecule has 4 heteroatoms. The molecule has 2 nitrogen and oxygen atoms in total. The van der Waals surface area contributed by atoms with Crippen LogP contribution in [0.2, 0.25) is 0 Å². The van der Waals surface area contributed by atoms with Crippen LogP contribution in [0.1, 0.15) is 80.9 Å². The number of phenolic OH excluding ortho intramolecular Hbond substituents is 1. The minimum Gasteiger partial charge on any atom is -0.507 e. The molecule has 0 amide bonds. The summed E-state index contributed by atoms with van der Waals surface area (Å²) in [4.78, 5) is 11.5. The molecule has 0 aliphatic carbocycles. The molecular formula is C24H32FO2P. The van der Waals surface area contributed by atoms with Crippen molar-refractivity contribution in [2.24, 2.45) is 0 Å². The summed E-state index contributed by atoms with van der Waals surface area (Å²) in [6.45, 7) is 12.7. The first-order valence-electron chi connectivity index (χ1n) is 9.89. The Morgan fingerprint density at radius 2 is 1.82 bits per heavy atom. The number of carbonyl (C=O) groups excluding carboxylic acids is 1. The largest absolute Gasteiger partial charge is 0.507 e. The predicted octanol–water partition coefficient (Wildman–Crippen LogP) is 6.36. The second kappa shape index (κ2) is 8.74. The van der Waals surface area contributed by atoms with Crippen LogP contribution in [0.5, 0.6) is 5.75 Å². The van der Waals surface area contributed by atoms with Crippen molar-refractivity contribution in [2.45, 2.75) is 71.4 Å². The number of hydrogen-bond acceptors (Lipinski definition) is 2. The molecule has 28 heavy (non-hydrogen) atoms. The van der Waals surface area contributed by atoms with Crippen LogP contribution in [0.3, 0.4) is 0 Å². The van der Waals surface area contributed by atoms with Crippen LogP contribution in [0.4, 0.5) is 4.39 Å². The summed E-state index contributed by atoms with van der Waals surface area (Å²) in [5, 5.41) is 11.5. The highest BCUT2D eigenvalue weighted by Gasteiger charge is 2.32. The summed E-state index contributed by atoms with van der Waals surface area (Å²) in [7, 11) is 0.252. The highest BCUT2D eigenvalue weighted by Crippen LogP contribution is 2.50. The van der Waals surface area contributed by atoms with Crippen molar-refractivity contribution in [3.05, 3.63) is 58.4 Å². The van der Waals surface area contributed by atoms with Crippen molar-refractivity contribution in [2.75, 3.05) is 0 Å². The molecule has 0 bridgehead atoms. The molecule has 152 valence electrons. The van der Waals surface area contributed by atoms with E-state index in [1.54, 1.807) is 6.07 Å². The molecule has 1 N–H and O–H groups in total. The van der Waals surface area contributed by atoms with Crippen molar-refractivity contribution >= 4 is 20.2 Å². The third-order valence-electron chi connectivity index (χ3n) is 5.34. The first-order chi connectivity index (χ1) is 13.0. The number of carbonyl (C=O) groups is 1. The van der Waals surface area contributed by atoms with E-state index in [0.29, 0.717) is 11.3 Å². The number of phenols is 1. The highest BCUT2D eigenvalue weighted by atomic mass is 31.1. The molecule has 0 saturated carbocycles. The fourth-order valence-electron chi connectivity index (χ4n) is 3.47. The summed E-state index contributed by atoms with van der Waals surface area (Å²) in [5.41, 5.74) is 3.32. The van der Waals surface area contributed by atoms with E-state index in [4.69, 9.17) is 0 Å². The third kappa shape index (κ3) is 5.00. The first kappa shape index (κ1) is 22.6.